The maximum absolute atomic E-state index is 13.3. The molecule has 2 aromatic rings. The van der Waals surface area contributed by atoms with Gasteiger partial charge in [0.15, 0.2) is 0 Å². The number of aliphatic imine (C=N–C) groups is 1. The summed E-state index contributed by atoms with van der Waals surface area (Å²) in [5.41, 5.74) is -0.625. The third-order valence-corrected chi connectivity index (χ3v) is 11.4. The molecule has 0 aliphatic carbocycles. The number of hydrogen-bond donors (Lipinski definition) is 2. The van der Waals surface area contributed by atoms with E-state index < -0.39 is 50.5 Å². The summed E-state index contributed by atoms with van der Waals surface area (Å²) in [6.45, 7) is 3.34. The highest BCUT2D eigenvalue weighted by Gasteiger charge is 2.47. The molecule has 2 aromatic carbocycles. The van der Waals surface area contributed by atoms with E-state index in [4.69, 9.17) is 11.6 Å². The molecule has 0 bridgehead atoms. The van der Waals surface area contributed by atoms with Gasteiger partial charge in [0.05, 0.1) is 21.9 Å². The summed E-state index contributed by atoms with van der Waals surface area (Å²) in [5, 5.41) is 12.2. The maximum atomic E-state index is 13.3. The standard InChI is InChI=1S/C31H35ClF4N4O5S/c1-19-15-22(27(41)39-10-6-29(43,18-33)7-11-39)16-20(2)23(19)5-14-46(44,45)40-12-8-30(9-13-40)28(42)37-26(38-30)21-3-4-24(25(32)17-21)31(34,35)36/h3-4,15-17,43H,5-14,18H2,1-2H3,(H,37,38,42). The number of alkyl halides is 4. The van der Waals surface area contributed by atoms with Crippen LogP contribution in [0.4, 0.5) is 17.6 Å². The number of piperidine rings is 2. The average molecular weight is 687 g/mol. The summed E-state index contributed by atoms with van der Waals surface area (Å²) in [4.78, 5) is 32.1. The molecule has 0 atom stereocenters. The quantitative estimate of drug-likeness (QED) is 0.424. The molecule has 3 heterocycles. The Kier molecular flexibility index (Phi) is 9.32. The zero-order valence-electron chi connectivity index (χ0n) is 25.4. The number of amides is 2. The van der Waals surface area contributed by atoms with Crippen LogP contribution in [-0.4, -0.2) is 90.1 Å². The fourth-order valence-electron chi connectivity index (χ4n) is 6.33. The van der Waals surface area contributed by atoms with Crippen molar-refractivity contribution in [3.8, 4) is 0 Å². The zero-order chi connectivity index (χ0) is 33.7. The van der Waals surface area contributed by atoms with Crippen molar-refractivity contribution in [3.63, 3.8) is 0 Å². The number of nitrogens with one attached hydrogen (secondary N) is 1. The molecule has 0 aromatic heterocycles. The second-order valence-corrected chi connectivity index (χ2v) is 14.8. The smallest absolute Gasteiger partial charge is 0.387 e. The Morgan fingerprint density at radius 3 is 2.20 bits per heavy atom. The van der Waals surface area contributed by atoms with Crippen molar-refractivity contribution < 1.29 is 40.7 Å². The number of carbonyl (C=O) groups excluding carboxylic acids is 2. The van der Waals surface area contributed by atoms with Gasteiger partial charge in [-0.1, -0.05) is 17.7 Å². The van der Waals surface area contributed by atoms with Gasteiger partial charge in [-0.25, -0.2) is 17.1 Å². The lowest BCUT2D eigenvalue weighted by Gasteiger charge is -2.36. The molecule has 46 heavy (non-hydrogen) atoms. The lowest BCUT2D eigenvalue weighted by Crippen LogP contribution is -2.50. The summed E-state index contributed by atoms with van der Waals surface area (Å²) in [6.07, 6.45) is -3.90. The van der Waals surface area contributed by atoms with E-state index in [-0.39, 0.29) is 81.3 Å². The third-order valence-electron chi connectivity index (χ3n) is 9.25. The van der Waals surface area contributed by atoms with Crippen LogP contribution in [0.1, 0.15) is 63.9 Å². The van der Waals surface area contributed by atoms with Crippen molar-refractivity contribution in [2.45, 2.75) is 63.3 Å². The molecule has 5 rings (SSSR count). The van der Waals surface area contributed by atoms with Gasteiger partial charge in [0.2, 0.25) is 10.0 Å². The summed E-state index contributed by atoms with van der Waals surface area (Å²) in [5.74, 6) is -0.768. The van der Waals surface area contributed by atoms with E-state index in [9.17, 15) is 40.7 Å². The van der Waals surface area contributed by atoms with E-state index in [1.54, 1.807) is 17.0 Å². The van der Waals surface area contributed by atoms with Gasteiger partial charge in [0.1, 0.15) is 18.0 Å². The minimum absolute atomic E-state index is 0.0407. The third kappa shape index (κ3) is 6.80. The Labute approximate surface area is 269 Å². The van der Waals surface area contributed by atoms with Gasteiger partial charge in [0, 0.05) is 37.3 Å². The molecular formula is C31H35ClF4N4O5S. The van der Waals surface area contributed by atoms with E-state index in [1.807, 2.05) is 13.8 Å². The number of sulfonamides is 1. The number of benzene rings is 2. The number of nitrogens with zero attached hydrogens (tertiary/aromatic N) is 3. The molecule has 9 nitrogen and oxygen atoms in total. The Morgan fingerprint density at radius 2 is 1.65 bits per heavy atom. The van der Waals surface area contributed by atoms with Gasteiger partial charge in [-0.2, -0.15) is 13.2 Å². The number of carbonyl (C=O) groups is 2. The molecule has 3 aliphatic rings. The van der Waals surface area contributed by atoms with Crippen molar-refractivity contribution in [1.82, 2.24) is 14.5 Å². The maximum Gasteiger partial charge on any atom is 0.417 e. The predicted molar refractivity (Wildman–Crippen MR) is 164 cm³/mol. The number of amidine groups is 1. The first-order valence-electron chi connectivity index (χ1n) is 14.9. The van der Waals surface area contributed by atoms with Gasteiger partial charge in [-0.15, -0.1) is 0 Å². The number of rotatable bonds is 7. The number of hydrogen-bond acceptors (Lipinski definition) is 6. The highest BCUT2D eigenvalue weighted by Crippen LogP contribution is 2.37. The fourth-order valence-corrected chi connectivity index (χ4v) is 8.08. The van der Waals surface area contributed by atoms with Gasteiger partial charge in [-0.3, -0.25) is 14.6 Å². The van der Waals surface area contributed by atoms with Crippen molar-refractivity contribution in [3.05, 3.63) is 68.7 Å². The van der Waals surface area contributed by atoms with Crippen LogP contribution in [0.2, 0.25) is 5.02 Å². The Bertz CT molecular complexity index is 1660. The summed E-state index contributed by atoms with van der Waals surface area (Å²) < 4.78 is 80.4. The van der Waals surface area contributed by atoms with Crippen LogP contribution in [0.5, 0.6) is 0 Å². The van der Waals surface area contributed by atoms with Crippen molar-refractivity contribution in [2.24, 2.45) is 4.99 Å². The number of aryl methyl sites for hydroxylation is 2. The molecule has 2 amide bonds. The molecule has 15 heteroatoms. The molecule has 250 valence electrons. The van der Waals surface area contributed by atoms with E-state index in [1.165, 1.54) is 10.4 Å². The second kappa shape index (κ2) is 12.5. The van der Waals surface area contributed by atoms with Crippen LogP contribution in [0.3, 0.4) is 0 Å². The highest BCUT2D eigenvalue weighted by molar-refractivity contribution is 7.89. The first-order valence-corrected chi connectivity index (χ1v) is 16.9. The van der Waals surface area contributed by atoms with Crippen LogP contribution >= 0.6 is 11.6 Å². The Morgan fingerprint density at radius 1 is 1.04 bits per heavy atom. The zero-order valence-corrected chi connectivity index (χ0v) is 27.0. The van der Waals surface area contributed by atoms with Crippen LogP contribution in [0.15, 0.2) is 35.3 Å². The molecule has 0 unspecified atom stereocenters. The molecule has 2 saturated heterocycles. The second-order valence-electron chi connectivity index (χ2n) is 12.3. The SMILES string of the molecule is Cc1cc(C(=O)N2CCC(O)(CF)CC2)cc(C)c1CCS(=O)(=O)N1CCC2(CC1)N=C(c1ccc(C(F)(F)F)c(Cl)c1)NC2=O. The van der Waals surface area contributed by atoms with Crippen molar-refractivity contribution in [2.75, 3.05) is 38.6 Å². The highest BCUT2D eigenvalue weighted by atomic mass is 35.5. The molecular weight excluding hydrogens is 652 g/mol. The Balaban J connectivity index is 1.21. The molecule has 1 spiro atoms. The number of likely N-dealkylation sites (tertiary alicyclic amines) is 1. The molecule has 3 aliphatic heterocycles. The first-order chi connectivity index (χ1) is 21.5. The van der Waals surface area contributed by atoms with Crippen molar-refractivity contribution in [1.29, 1.82) is 0 Å². The van der Waals surface area contributed by atoms with Gasteiger partial charge in [-0.05, 0) is 86.9 Å². The van der Waals surface area contributed by atoms with Gasteiger partial charge in [0.25, 0.3) is 11.8 Å². The number of aliphatic hydroxyl groups is 1. The van der Waals surface area contributed by atoms with Crippen molar-refractivity contribution >= 4 is 39.3 Å². The van der Waals surface area contributed by atoms with Crippen LogP contribution in [0.25, 0.3) is 0 Å². The first kappa shape index (κ1) is 34.3. The minimum atomic E-state index is -4.63. The van der Waals surface area contributed by atoms with Crippen LogP contribution in [-0.2, 0) is 27.4 Å². The Hall–Kier alpha value is -3.07. The summed E-state index contributed by atoms with van der Waals surface area (Å²) in [6, 6.07) is 6.54. The van der Waals surface area contributed by atoms with E-state index >= 15 is 0 Å². The van der Waals surface area contributed by atoms with E-state index in [2.05, 4.69) is 10.3 Å². The topological polar surface area (TPSA) is 119 Å². The molecule has 2 N–H and O–H groups in total. The predicted octanol–water partition coefficient (Wildman–Crippen LogP) is 4.20. The average Bonchev–Trinajstić information content (AvgIpc) is 3.31. The van der Waals surface area contributed by atoms with E-state index in [0.29, 0.717) is 5.56 Å². The lowest BCUT2D eigenvalue weighted by molar-refractivity contribution is -0.137. The van der Waals surface area contributed by atoms with Crippen LogP contribution < -0.4 is 5.32 Å². The largest absolute Gasteiger partial charge is 0.417 e. The van der Waals surface area contributed by atoms with E-state index in [0.717, 1.165) is 28.8 Å². The fraction of sp³-hybridized carbons (Fsp3) is 0.516. The number of halogens is 5. The normalized spacial score (nSPS) is 20.1. The lowest BCUT2D eigenvalue weighted by atomic mass is 9.89. The van der Waals surface area contributed by atoms with Crippen LogP contribution in [0, 0.1) is 13.8 Å². The monoisotopic (exact) mass is 686 g/mol. The molecule has 0 radical (unpaired) electrons. The minimum Gasteiger partial charge on any atom is -0.387 e. The molecule has 0 saturated carbocycles. The van der Waals surface area contributed by atoms with Gasteiger partial charge < -0.3 is 15.3 Å². The van der Waals surface area contributed by atoms with Gasteiger partial charge >= 0.3 is 6.18 Å². The summed E-state index contributed by atoms with van der Waals surface area (Å²) in [7, 11) is -3.73. The molecule has 2 fully saturated rings. The summed E-state index contributed by atoms with van der Waals surface area (Å²) >= 11 is 5.84.